The molecule has 0 aromatic heterocycles. The van der Waals surface area contributed by atoms with Crippen LogP contribution in [-0.2, 0) is 13.2 Å². The number of nitrogens with zero attached hydrogens (tertiary/aromatic N) is 1. The fourth-order valence-electron chi connectivity index (χ4n) is 5.85. The first-order valence-electron chi connectivity index (χ1n) is 17.4. The third-order valence-corrected chi connectivity index (χ3v) is 8.67. The molecule has 0 bridgehead atoms. The molecule has 7 rings (SSSR count). The lowest BCUT2D eigenvalue weighted by Crippen LogP contribution is -2.09. The highest BCUT2D eigenvalue weighted by Gasteiger charge is 2.12. The summed E-state index contributed by atoms with van der Waals surface area (Å²) in [5.41, 5.74) is 9.00. The Morgan fingerprint density at radius 3 is 1.40 bits per heavy atom. The number of hydrogen-bond acceptors (Lipinski definition) is 7. The van der Waals surface area contributed by atoms with Gasteiger partial charge in [0, 0.05) is 34.1 Å². The summed E-state index contributed by atoms with van der Waals surface area (Å²) in [5.74, 6) is 3.14. The molecule has 2 N–H and O–H groups in total. The van der Waals surface area contributed by atoms with Crippen molar-refractivity contribution in [1.29, 1.82) is 0 Å². The predicted molar refractivity (Wildman–Crippen MR) is 215 cm³/mol. The summed E-state index contributed by atoms with van der Waals surface area (Å²) < 4.78 is 23.2. The van der Waals surface area contributed by atoms with E-state index in [9.17, 15) is 0 Å². The number of hydrogen-bond donors (Lipinski definition) is 2. The Labute approximate surface area is 311 Å². The Morgan fingerprint density at radius 2 is 0.868 bits per heavy atom. The second-order valence-corrected chi connectivity index (χ2v) is 12.3. The number of nitrogens with one attached hydrogen (secondary N) is 2. The average Bonchev–Trinajstić information content (AvgIpc) is 3.22. The first kappa shape index (κ1) is 34.6. The van der Waals surface area contributed by atoms with Crippen LogP contribution in [0.15, 0.2) is 176 Å². The molecular formula is C46H41N3O4. The molecule has 0 radical (unpaired) electrons. The molecule has 7 aromatic carbocycles. The molecule has 0 saturated heterocycles. The lowest BCUT2D eigenvalue weighted by atomic mass is 10.1. The molecule has 7 aromatic rings. The highest BCUT2D eigenvalue weighted by molar-refractivity contribution is 5.77. The SMILES string of the molecule is COc1ccc(Nc2ccc(OCc3ccc(COc4ccc(N(c5ccccc5)c5ccccc5)cc4)cc3)c(Nc3ccc(OC)cc3)c2)cc1. The molecule has 0 heterocycles. The summed E-state index contributed by atoms with van der Waals surface area (Å²) in [6.45, 7) is 0.866. The fourth-order valence-corrected chi connectivity index (χ4v) is 5.85. The van der Waals surface area contributed by atoms with E-state index in [2.05, 4.69) is 100 Å². The van der Waals surface area contributed by atoms with Crippen molar-refractivity contribution >= 4 is 39.8 Å². The summed E-state index contributed by atoms with van der Waals surface area (Å²) in [6, 6.07) is 58.9. The Balaban J connectivity index is 0.989. The first-order chi connectivity index (χ1) is 26.1. The van der Waals surface area contributed by atoms with Crippen molar-refractivity contribution in [3.63, 3.8) is 0 Å². The van der Waals surface area contributed by atoms with Gasteiger partial charge in [-0.1, -0.05) is 60.7 Å². The quantitative estimate of drug-likeness (QED) is 0.110. The summed E-state index contributed by atoms with van der Waals surface area (Å²) in [5, 5.41) is 6.98. The lowest BCUT2D eigenvalue weighted by molar-refractivity contribution is 0.303. The van der Waals surface area contributed by atoms with Gasteiger partial charge in [-0.25, -0.2) is 0 Å². The van der Waals surface area contributed by atoms with E-state index >= 15 is 0 Å². The van der Waals surface area contributed by atoms with Gasteiger partial charge in [-0.15, -0.1) is 0 Å². The van der Waals surface area contributed by atoms with Gasteiger partial charge in [-0.05, 0) is 126 Å². The monoisotopic (exact) mass is 699 g/mol. The Bertz CT molecular complexity index is 2140. The van der Waals surface area contributed by atoms with Crippen molar-refractivity contribution in [3.8, 4) is 23.0 Å². The van der Waals surface area contributed by atoms with Crippen LogP contribution in [0.2, 0.25) is 0 Å². The number of methoxy groups -OCH3 is 2. The van der Waals surface area contributed by atoms with Gasteiger partial charge in [0.1, 0.15) is 36.2 Å². The van der Waals surface area contributed by atoms with Crippen molar-refractivity contribution in [2.45, 2.75) is 13.2 Å². The second kappa shape index (κ2) is 16.9. The van der Waals surface area contributed by atoms with Gasteiger partial charge in [0.15, 0.2) is 0 Å². The first-order valence-corrected chi connectivity index (χ1v) is 17.4. The molecule has 7 nitrogen and oxygen atoms in total. The van der Waals surface area contributed by atoms with E-state index < -0.39 is 0 Å². The number of para-hydroxylation sites is 2. The molecule has 53 heavy (non-hydrogen) atoms. The molecule has 0 saturated carbocycles. The molecule has 0 amide bonds. The second-order valence-electron chi connectivity index (χ2n) is 12.3. The minimum absolute atomic E-state index is 0.407. The van der Waals surface area contributed by atoms with Gasteiger partial charge in [0.2, 0.25) is 0 Å². The average molecular weight is 700 g/mol. The van der Waals surface area contributed by atoms with Crippen molar-refractivity contribution in [3.05, 3.63) is 187 Å². The van der Waals surface area contributed by atoms with Crippen molar-refractivity contribution in [2.24, 2.45) is 0 Å². The number of ether oxygens (including phenoxy) is 4. The maximum absolute atomic E-state index is 6.37. The molecular weight excluding hydrogens is 659 g/mol. The van der Waals surface area contributed by atoms with E-state index in [1.807, 2.05) is 91.0 Å². The zero-order chi connectivity index (χ0) is 36.2. The van der Waals surface area contributed by atoms with Crippen LogP contribution in [-0.4, -0.2) is 14.2 Å². The Hall–Kier alpha value is -6.86. The summed E-state index contributed by atoms with van der Waals surface area (Å²) in [6.07, 6.45) is 0. The molecule has 0 fully saturated rings. The zero-order valence-electron chi connectivity index (χ0n) is 29.7. The van der Waals surface area contributed by atoms with Crippen LogP contribution in [0.1, 0.15) is 11.1 Å². The van der Waals surface area contributed by atoms with Crippen molar-refractivity contribution in [2.75, 3.05) is 29.8 Å². The molecule has 0 unspecified atom stereocenters. The predicted octanol–water partition coefficient (Wildman–Crippen LogP) is 11.8. The molecule has 0 atom stereocenters. The highest BCUT2D eigenvalue weighted by Crippen LogP contribution is 2.36. The molecule has 7 heteroatoms. The smallest absolute Gasteiger partial charge is 0.143 e. The summed E-state index contributed by atoms with van der Waals surface area (Å²) >= 11 is 0. The van der Waals surface area contributed by atoms with Crippen LogP contribution in [0.25, 0.3) is 0 Å². The molecule has 0 aliphatic heterocycles. The Kier molecular flexibility index (Phi) is 11.0. The van der Waals surface area contributed by atoms with E-state index in [0.29, 0.717) is 13.2 Å². The van der Waals surface area contributed by atoms with Crippen molar-refractivity contribution in [1.82, 2.24) is 0 Å². The lowest BCUT2D eigenvalue weighted by Gasteiger charge is -2.25. The largest absolute Gasteiger partial charge is 0.497 e. The number of anilines is 7. The summed E-state index contributed by atoms with van der Waals surface area (Å²) in [4.78, 5) is 2.23. The van der Waals surface area contributed by atoms with E-state index in [-0.39, 0.29) is 0 Å². The third-order valence-electron chi connectivity index (χ3n) is 8.67. The van der Waals surface area contributed by atoms with E-state index in [1.165, 1.54) is 0 Å². The van der Waals surface area contributed by atoms with E-state index in [4.69, 9.17) is 18.9 Å². The molecule has 0 aliphatic carbocycles. The van der Waals surface area contributed by atoms with Crippen LogP contribution >= 0.6 is 0 Å². The van der Waals surface area contributed by atoms with Crippen LogP contribution < -0.4 is 34.5 Å². The maximum atomic E-state index is 6.37. The van der Waals surface area contributed by atoms with Crippen LogP contribution in [0.5, 0.6) is 23.0 Å². The topological polar surface area (TPSA) is 64.2 Å². The van der Waals surface area contributed by atoms with E-state index in [0.717, 1.165) is 73.9 Å². The van der Waals surface area contributed by atoms with Gasteiger partial charge in [-0.3, -0.25) is 0 Å². The third kappa shape index (κ3) is 9.09. The van der Waals surface area contributed by atoms with Gasteiger partial charge in [0.05, 0.1) is 19.9 Å². The van der Waals surface area contributed by atoms with Gasteiger partial charge in [-0.2, -0.15) is 0 Å². The van der Waals surface area contributed by atoms with Gasteiger partial charge >= 0.3 is 0 Å². The highest BCUT2D eigenvalue weighted by atomic mass is 16.5. The zero-order valence-corrected chi connectivity index (χ0v) is 29.7. The number of benzene rings is 7. The maximum Gasteiger partial charge on any atom is 0.143 e. The van der Waals surface area contributed by atoms with E-state index in [1.54, 1.807) is 14.2 Å². The van der Waals surface area contributed by atoms with Crippen LogP contribution in [0.4, 0.5) is 39.8 Å². The van der Waals surface area contributed by atoms with Crippen LogP contribution in [0.3, 0.4) is 0 Å². The van der Waals surface area contributed by atoms with Crippen LogP contribution in [0, 0.1) is 0 Å². The minimum atomic E-state index is 0.407. The molecule has 0 spiro atoms. The summed E-state index contributed by atoms with van der Waals surface area (Å²) in [7, 11) is 3.32. The molecule has 264 valence electrons. The normalized spacial score (nSPS) is 10.6. The molecule has 0 aliphatic rings. The standard InChI is InChI=1S/C46H41N3O4/c1-50-42-24-17-36(18-25-42)47-38-21-30-46(45(31-38)48-37-19-26-43(51-2)27-20-37)53-33-35-15-13-34(14-16-35)32-52-44-28-22-41(23-29-44)49(39-9-5-3-6-10-39)40-11-7-4-8-12-40/h3-31,47-48H,32-33H2,1-2H3. The minimum Gasteiger partial charge on any atom is -0.497 e. The van der Waals surface area contributed by atoms with Gasteiger partial charge in [0.25, 0.3) is 0 Å². The van der Waals surface area contributed by atoms with Crippen molar-refractivity contribution < 1.29 is 18.9 Å². The Morgan fingerprint density at radius 1 is 0.415 bits per heavy atom. The van der Waals surface area contributed by atoms with Gasteiger partial charge < -0.3 is 34.5 Å². The number of rotatable bonds is 15. The fraction of sp³-hybridized carbons (Fsp3) is 0.0870.